The summed E-state index contributed by atoms with van der Waals surface area (Å²) in [5, 5.41) is 2.59. The van der Waals surface area contributed by atoms with E-state index < -0.39 is 5.82 Å². The molecule has 0 saturated carbocycles. The molecule has 0 atom stereocenters. The van der Waals surface area contributed by atoms with Crippen LogP contribution < -0.4 is 10.1 Å². The number of nitrogens with zero attached hydrogens (tertiary/aromatic N) is 2. The lowest BCUT2D eigenvalue weighted by molar-refractivity contribution is -0.120. The average Bonchev–Trinajstić information content (AvgIpc) is 3.33. The van der Waals surface area contributed by atoms with Crippen LogP contribution in [-0.4, -0.2) is 46.5 Å². The number of hydrogen-bond acceptors (Lipinski definition) is 6. The fourth-order valence-electron chi connectivity index (χ4n) is 4.70. The van der Waals surface area contributed by atoms with E-state index in [2.05, 4.69) is 58.3 Å². The number of rotatable bonds is 11. The largest absolute Gasteiger partial charge is 0.457 e. The molecule has 1 aliphatic heterocycles. The lowest BCUT2D eigenvalue weighted by atomic mass is 9.87. The van der Waals surface area contributed by atoms with E-state index in [1.807, 2.05) is 18.7 Å². The minimum absolute atomic E-state index is 0.0292. The Morgan fingerprint density at radius 3 is 2.49 bits per heavy atom. The molecule has 0 aliphatic carbocycles. The number of ether oxygens (including phenoxy) is 2. The van der Waals surface area contributed by atoms with E-state index in [1.165, 1.54) is 36.6 Å². The van der Waals surface area contributed by atoms with Gasteiger partial charge in [-0.25, -0.2) is 9.37 Å². The van der Waals surface area contributed by atoms with Crippen molar-refractivity contribution in [2.45, 2.75) is 32.1 Å². The van der Waals surface area contributed by atoms with E-state index in [0.29, 0.717) is 11.3 Å². The van der Waals surface area contributed by atoms with E-state index in [9.17, 15) is 9.59 Å². The number of methoxy groups -OCH3 is 1. The quantitative estimate of drug-likeness (QED) is 0.235. The van der Waals surface area contributed by atoms with Gasteiger partial charge in [-0.1, -0.05) is 30.7 Å². The molecule has 7 nitrogen and oxygen atoms in total. The summed E-state index contributed by atoms with van der Waals surface area (Å²) in [4.78, 5) is 29.0. The summed E-state index contributed by atoms with van der Waals surface area (Å²) in [6, 6.07) is 17.9. The van der Waals surface area contributed by atoms with Gasteiger partial charge in [-0.3, -0.25) is 9.59 Å². The Bertz CT molecular complexity index is 1560. The number of carbonyl (C=O) groups excluding carboxylic acids is 2. The normalized spacial score (nSPS) is 13.9. The molecule has 0 radical (unpaired) electrons. The lowest BCUT2D eigenvalue weighted by Crippen LogP contribution is -2.36. The molecule has 2 aromatic carbocycles. The Balaban J connectivity index is 1.28. The molecule has 1 aliphatic rings. The number of aryl methyl sites for hydroxylation is 1. The second-order valence-corrected chi connectivity index (χ2v) is 11.6. The Morgan fingerprint density at radius 1 is 1.05 bits per heavy atom. The summed E-state index contributed by atoms with van der Waals surface area (Å²) in [7, 11) is 1.42. The zero-order chi connectivity index (χ0) is 29.0. The molecule has 1 amide bonds. The van der Waals surface area contributed by atoms with Crippen molar-refractivity contribution in [2.24, 2.45) is 0 Å². The maximum Gasteiger partial charge on any atom is 0.251 e. The third kappa shape index (κ3) is 6.86. The highest BCUT2D eigenvalue weighted by Gasteiger charge is 2.36. The maximum atomic E-state index is 15.1. The Hall–Kier alpha value is -3.95. The predicted molar refractivity (Wildman–Crippen MR) is 159 cm³/mol. The zero-order valence-corrected chi connectivity index (χ0v) is 24.1. The van der Waals surface area contributed by atoms with Crippen molar-refractivity contribution in [3.8, 4) is 17.2 Å². The molecule has 0 bridgehead atoms. The van der Waals surface area contributed by atoms with Crippen LogP contribution in [0.4, 0.5) is 10.2 Å². The van der Waals surface area contributed by atoms with Crippen molar-refractivity contribution in [3.05, 3.63) is 101 Å². The second kappa shape index (κ2) is 12.3. The van der Waals surface area contributed by atoms with Crippen molar-refractivity contribution < 1.29 is 23.5 Å². The van der Waals surface area contributed by atoms with Gasteiger partial charge in [-0.05, 0) is 48.4 Å². The van der Waals surface area contributed by atoms with Crippen LogP contribution in [0.15, 0.2) is 73.1 Å². The first-order valence-corrected chi connectivity index (χ1v) is 14.5. The van der Waals surface area contributed by atoms with Crippen LogP contribution in [0.3, 0.4) is 0 Å². The third-order valence-corrected chi connectivity index (χ3v) is 8.73. The fraction of sp³-hybridized carbons (Fsp3) is 0.281. The first-order valence-electron chi connectivity index (χ1n) is 13.3. The monoisotopic (exact) mass is 573 g/mol. The molecule has 1 N–H and O–H groups in total. The molecule has 1 saturated heterocycles. The van der Waals surface area contributed by atoms with Gasteiger partial charge in [0.05, 0.1) is 0 Å². The van der Waals surface area contributed by atoms with Crippen LogP contribution in [0.2, 0.25) is 0 Å². The van der Waals surface area contributed by atoms with Gasteiger partial charge in [-0.2, -0.15) is 11.8 Å². The highest BCUT2D eigenvalue weighted by Crippen LogP contribution is 2.41. The predicted octanol–water partition coefficient (Wildman–Crippen LogP) is 6.06. The van der Waals surface area contributed by atoms with Crippen molar-refractivity contribution in [2.75, 3.05) is 30.5 Å². The number of amides is 1. The number of thioether (sulfide) groups is 1. The fourth-order valence-corrected chi connectivity index (χ4v) is 5.85. The Morgan fingerprint density at radius 2 is 1.80 bits per heavy atom. The van der Waals surface area contributed by atoms with Gasteiger partial charge < -0.3 is 19.4 Å². The summed E-state index contributed by atoms with van der Waals surface area (Å²) in [5.41, 5.74) is 4.71. The van der Waals surface area contributed by atoms with Crippen LogP contribution in [0.25, 0.3) is 5.69 Å². The van der Waals surface area contributed by atoms with Crippen LogP contribution in [0.5, 0.6) is 11.5 Å². The van der Waals surface area contributed by atoms with Crippen molar-refractivity contribution in [1.82, 2.24) is 9.55 Å². The number of ketones is 1. The lowest BCUT2D eigenvalue weighted by Gasteiger charge is -2.37. The molecule has 0 unspecified atom stereocenters. The van der Waals surface area contributed by atoms with E-state index in [0.717, 1.165) is 22.9 Å². The van der Waals surface area contributed by atoms with Gasteiger partial charge in [0.2, 0.25) is 0 Å². The highest BCUT2D eigenvalue weighted by atomic mass is 32.2. The number of halogens is 1. The third-order valence-electron chi connectivity index (χ3n) is 7.05. The minimum Gasteiger partial charge on any atom is -0.457 e. The number of pyridine rings is 1. The molecule has 41 heavy (non-hydrogen) atoms. The smallest absolute Gasteiger partial charge is 0.251 e. The SMILES string of the molecule is COCC(=O)Nc1cc(Oc2ccc(CC(=O)Cc3cc(C4(C)CSC4)cn3-c3ccc(C)cc3)c(F)c2)ccn1. The number of hydrogen-bond donors (Lipinski definition) is 1. The molecular formula is C32H32FN3O4S. The molecule has 0 spiro atoms. The number of carbonyl (C=O) groups is 2. The van der Waals surface area contributed by atoms with Gasteiger partial charge in [0.1, 0.15) is 35.5 Å². The summed E-state index contributed by atoms with van der Waals surface area (Å²) >= 11 is 1.92. The Labute approximate surface area is 243 Å². The van der Waals surface area contributed by atoms with Crippen molar-refractivity contribution in [1.29, 1.82) is 0 Å². The van der Waals surface area contributed by atoms with E-state index in [4.69, 9.17) is 9.47 Å². The highest BCUT2D eigenvalue weighted by molar-refractivity contribution is 8.00. The molecule has 5 rings (SSSR count). The van der Waals surface area contributed by atoms with Crippen LogP contribution >= 0.6 is 11.8 Å². The second-order valence-electron chi connectivity index (χ2n) is 10.6. The van der Waals surface area contributed by atoms with E-state index in [-0.39, 0.29) is 48.1 Å². The number of aromatic nitrogens is 2. The first-order chi connectivity index (χ1) is 19.7. The summed E-state index contributed by atoms with van der Waals surface area (Å²) in [6.07, 6.45) is 3.79. The average molecular weight is 574 g/mol. The van der Waals surface area contributed by atoms with Crippen LogP contribution in [0.1, 0.15) is 29.3 Å². The molecular weight excluding hydrogens is 541 g/mol. The van der Waals surface area contributed by atoms with E-state index >= 15 is 4.39 Å². The summed E-state index contributed by atoms with van der Waals surface area (Å²) in [6.45, 7) is 4.20. The molecule has 1 fully saturated rings. The first kappa shape index (κ1) is 28.6. The molecule has 3 heterocycles. The maximum absolute atomic E-state index is 15.1. The standard InChI is InChI=1S/C32H32FN3O4S/c1-21-4-7-24(8-5-21)36-17-23(32(2)19-41-20-32)13-25(36)14-26(37)12-22-6-9-27(15-29(22)33)40-28-10-11-34-30(16-28)35-31(38)18-39-3/h4-11,13,15-17H,12,14,18-20H2,1-3H3,(H,34,35,38). The number of benzene rings is 2. The van der Waals surface area contributed by atoms with Gasteiger partial charge in [0.15, 0.2) is 0 Å². The van der Waals surface area contributed by atoms with Gasteiger partial charge in [0, 0.05) is 72.8 Å². The molecule has 4 aromatic rings. The Kier molecular flexibility index (Phi) is 8.56. The van der Waals surface area contributed by atoms with Crippen molar-refractivity contribution in [3.63, 3.8) is 0 Å². The minimum atomic E-state index is -0.521. The van der Waals surface area contributed by atoms with Crippen molar-refractivity contribution >= 4 is 29.3 Å². The van der Waals surface area contributed by atoms with Crippen LogP contribution in [0, 0.1) is 12.7 Å². The van der Waals surface area contributed by atoms with Gasteiger partial charge in [-0.15, -0.1) is 0 Å². The summed E-state index contributed by atoms with van der Waals surface area (Å²) < 4.78 is 27.7. The zero-order valence-electron chi connectivity index (χ0n) is 23.3. The number of Topliss-reactive ketones (excluding diaryl/α,β-unsaturated/α-hetero) is 1. The van der Waals surface area contributed by atoms with Gasteiger partial charge >= 0.3 is 0 Å². The van der Waals surface area contributed by atoms with E-state index in [1.54, 1.807) is 18.2 Å². The molecule has 212 valence electrons. The van der Waals surface area contributed by atoms with Crippen LogP contribution in [-0.2, 0) is 32.6 Å². The van der Waals surface area contributed by atoms with Gasteiger partial charge in [0.25, 0.3) is 5.91 Å². The summed E-state index contributed by atoms with van der Waals surface area (Å²) in [5.74, 6) is 2.10. The number of nitrogens with one attached hydrogen (secondary N) is 1. The topological polar surface area (TPSA) is 82.5 Å². The number of anilines is 1. The molecule has 9 heteroatoms. The molecule has 2 aromatic heterocycles.